The second-order valence-electron chi connectivity index (χ2n) is 5.58. The number of hydrogen-bond donors (Lipinski definition) is 0. The Hall–Kier alpha value is -2.85. The molecule has 1 aromatic carbocycles. The highest BCUT2D eigenvalue weighted by molar-refractivity contribution is 5.52. The van der Waals surface area contributed by atoms with Crippen LogP contribution in [0.25, 0.3) is 0 Å². The van der Waals surface area contributed by atoms with E-state index >= 15 is 0 Å². The number of nitriles is 2. The Morgan fingerprint density at radius 2 is 1.86 bits per heavy atom. The number of anilines is 1. The summed E-state index contributed by atoms with van der Waals surface area (Å²) in [6, 6.07) is 16.1. The van der Waals surface area contributed by atoms with Gasteiger partial charge in [-0.3, -0.25) is 0 Å². The largest absolute Gasteiger partial charge is 0.368 e. The van der Waals surface area contributed by atoms with Crippen LogP contribution in [-0.4, -0.2) is 17.6 Å². The lowest BCUT2D eigenvalue weighted by molar-refractivity contribution is 0.633. The second kappa shape index (κ2) is 5.87. The average Bonchev–Trinajstić information content (AvgIpc) is 2.96. The molecule has 0 radical (unpaired) electrons. The fraction of sp³-hybridized carbons (Fsp3) is 0.278. The third-order valence-corrected chi connectivity index (χ3v) is 4.41. The van der Waals surface area contributed by atoms with Gasteiger partial charge >= 0.3 is 0 Å². The van der Waals surface area contributed by atoms with Gasteiger partial charge in [-0.25, -0.2) is 4.98 Å². The average molecular weight is 288 g/mol. The summed E-state index contributed by atoms with van der Waals surface area (Å²) in [4.78, 5) is 6.55. The molecule has 3 rings (SSSR count). The van der Waals surface area contributed by atoms with Gasteiger partial charge in [-0.1, -0.05) is 6.07 Å². The molecule has 0 N–H and O–H groups in total. The summed E-state index contributed by atoms with van der Waals surface area (Å²) in [6.45, 7) is 3.20. The van der Waals surface area contributed by atoms with Gasteiger partial charge in [0.05, 0.1) is 11.6 Å². The zero-order valence-corrected chi connectivity index (χ0v) is 12.4. The van der Waals surface area contributed by atoms with Crippen molar-refractivity contribution in [3.8, 4) is 12.1 Å². The smallest absolute Gasteiger partial charge is 0.140 e. The van der Waals surface area contributed by atoms with Crippen molar-refractivity contribution in [2.45, 2.75) is 25.3 Å². The first-order chi connectivity index (χ1) is 10.7. The SMILES string of the molecule is C[C@H]1C(c2ccc(C#N)nc2)CCN1c1ccc(C#N)cc1. The molecule has 0 spiro atoms. The molecule has 22 heavy (non-hydrogen) atoms. The van der Waals surface area contributed by atoms with Gasteiger partial charge in [-0.15, -0.1) is 0 Å². The van der Waals surface area contributed by atoms with Crippen LogP contribution in [0.15, 0.2) is 42.6 Å². The van der Waals surface area contributed by atoms with Crippen molar-refractivity contribution in [1.29, 1.82) is 10.5 Å². The quantitative estimate of drug-likeness (QED) is 0.851. The molecule has 0 aliphatic carbocycles. The lowest BCUT2D eigenvalue weighted by atomic mass is 9.94. The van der Waals surface area contributed by atoms with Gasteiger partial charge in [-0.2, -0.15) is 10.5 Å². The standard InChI is InChI=1S/C18H16N4/c1-13-18(15-4-5-16(11-20)21-12-15)8-9-22(13)17-6-2-14(10-19)3-7-17/h2-7,12-13,18H,8-9H2,1H3/t13-,18?/m0/s1. The number of benzene rings is 1. The number of pyridine rings is 1. The number of nitrogens with zero attached hydrogens (tertiary/aromatic N) is 4. The highest BCUT2D eigenvalue weighted by Crippen LogP contribution is 2.36. The molecule has 2 atom stereocenters. The van der Waals surface area contributed by atoms with Crippen molar-refractivity contribution in [2.24, 2.45) is 0 Å². The molecule has 2 heterocycles. The normalized spacial score (nSPS) is 20.4. The first-order valence-electron chi connectivity index (χ1n) is 7.36. The van der Waals surface area contributed by atoms with E-state index in [1.54, 1.807) is 6.07 Å². The van der Waals surface area contributed by atoms with Gasteiger partial charge < -0.3 is 4.90 Å². The topological polar surface area (TPSA) is 63.7 Å². The fourth-order valence-corrected chi connectivity index (χ4v) is 3.17. The molecule has 2 aromatic rings. The molecule has 1 aliphatic heterocycles. The summed E-state index contributed by atoms with van der Waals surface area (Å²) in [5.41, 5.74) is 3.47. The maximum atomic E-state index is 8.89. The van der Waals surface area contributed by atoms with Crippen LogP contribution in [0.1, 0.15) is 36.1 Å². The van der Waals surface area contributed by atoms with E-state index in [-0.39, 0.29) is 0 Å². The minimum absolute atomic E-state index is 0.364. The van der Waals surface area contributed by atoms with Crippen molar-refractivity contribution in [2.75, 3.05) is 11.4 Å². The summed E-state index contributed by atoms with van der Waals surface area (Å²) >= 11 is 0. The van der Waals surface area contributed by atoms with Gasteiger partial charge in [0.1, 0.15) is 11.8 Å². The molecule has 1 saturated heterocycles. The van der Waals surface area contributed by atoms with Gasteiger partial charge in [-0.05, 0) is 49.2 Å². The Morgan fingerprint density at radius 3 is 2.45 bits per heavy atom. The van der Waals surface area contributed by atoms with Gasteiger partial charge in [0, 0.05) is 30.4 Å². The molecule has 4 nitrogen and oxygen atoms in total. The number of hydrogen-bond acceptors (Lipinski definition) is 4. The van der Waals surface area contributed by atoms with E-state index in [1.165, 1.54) is 5.56 Å². The predicted molar refractivity (Wildman–Crippen MR) is 84.3 cm³/mol. The fourth-order valence-electron chi connectivity index (χ4n) is 3.17. The monoisotopic (exact) mass is 288 g/mol. The first kappa shape index (κ1) is 14.1. The zero-order chi connectivity index (χ0) is 15.5. The molecule has 0 bridgehead atoms. The Balaban J connectivity index is 1.80. The lowest BCUT2D eigenvalue weighted by Crippen LogP contribution is -2.29. The van der Waals surface area contributed by atoms with Crippen molar-refractivity contribution in [3.05, 3.63) is 59.4 Å². The van der Waals surface area contributed by atoms with Crippen LogP contribution in [0.5, 0.6) is 0 Å². The number of aromatic nitrogens is 1. The molecule has 1 aromatic heterocycles. The van der Waals surface area contributed by atoms with Crippen molar-refractivity contribution in [3.63, 3.8) is 0 Å². The van der Waals surface area contributed by atoms with E-state index < -0.39 is 0 Å². The van der Waals surface area contributed by atoms with Crippen molar-refractivity contribution >= 4 is 5.69 Å². The summed E-state index contributed by atoms with van der Waals surface area (Å²) in [5.74, 6) is 0.413. The zero-order valence-electron chi connectivity index (χ0n) is 12.4. The van der Waals surface area contributed by atoms with E-state index in [0.717, 1.165) is 18.7 Å². The van der Waals surface area contributed by atoms with Crippen LogP contribution in [0.2, 0.25) is 0 Å². The summed E-state index contributed by atoms with van der Waals surface area (Å²) < 4.78 is 0. The molecule has 0 amide bonds. The third-order valence-electron chi connectivity index (χ3n) is 4.41. The van der Waals surface area contributed by atoms with Crippen molar-refractivity contribution in [1.82, 2.24) is 4.98 Å². The maximum Gasteiger partial charge on any atom is 0.140 e. The summed E-state index contributed by atoms with van der Waals surface area (Å²) in [7, 11) is 0. The van der Waals surface area contributed by atoms with Gasteiger partial charge in [0.25, 0.3) is 0 Å². The molecular weight excluding hydrogens is 272 g/mol. The highest BCUT2D eigenvalue weighted by Gasteiger charge is 2.32. The van der Waals surface area contributed by atoms with Gasteiger partial charge in [0.2, 0.25) is 0 Å². The minimum Gasteiger partial charge on any atom is -0.368 e. The van der Waals surface area contributed by atoms with Crippen LogP contribution in [0.3, 0.4) is 0 Å². The van der Waals surface area contributed by atoms with Crippen molar-refractivity contribution < 1.29 is 0 Å². The third kappa shape index (κ3) is 2.52. The molecular formula is C18H16N4. The Labute approximate surface area is 130 Å². The predicted octanol–water partition coefficient (Wildman–Crippen LogP) is 3.21. The van der Waals surface area contributed by atoms with Crippen LogP contribution in [-0.2, 0) is 0 Å². The molecule has 1 aliphatic rings. The lowest BCUT2D eigenvalue weighted by Gasteiger charge is -2.27. The van der Waals surface area contributed by atoms with Crippen LogP contribution in [0, 0.1) is 22.7 Å². The Morgan fingerprint density at radius 1 is 1.09 bits per heavy atom. The van der Waals surface area contributed by atoms with Crippen LogP contribution in [0.4, 0.5) is 5.69 Å². The summed E-state index contributed by atoms with van der Waals surface area (Å²) in [5, 5.41) is 17.7. The first-order valence-corrected chi connectivity index (χ1v) is 7.36. The maximum absolute atomic E-state index is 8.89. The molecule has 1 fully saturated rings. The Bertz CT molecular complexity index is 669. The van der Waals surface area contributed by atoms with E-state index in [4.69, 9.17) is 10.5 Å². The van der Waals surface area contributed by atoms with E-state index in [2.05, 4.69) is 28.9 Å². The minimum atomic E-state index is 0.364. The Kier molecular flexibility index (Phi) is 3.76. The van der Waals surface area contributed by atoms with E-state index in [1.807, 2.05) is 36.5 Å². The molecule has 0 saturated carbocycles. The summed E-state index contributed by atoms with van der Waals surface area (Å²) in [6.07, 6.45) is 2.89. The second-order valence-corrected chi connectivity index (χ2v) is 5.58. The van der Waals surface area contributed by atoms with E-state index in [9.17, 15) is 0 Å². The van der Waals surface area contributed by atoms with Crippen LogP contribution < -0.4 is 4.90 Å². The van der Waals surface area contributed by atoms with Crippen LogP contribution >= 0.6 is 0 Å². The molecule has 4 heteroatoms. The molecule has 1 unspecified atom stereocenters. The molecule has 108 valence electrons. The number of rotatable bonds is 2. The highest BCUT2D eigenvalue weighted by atomic mass is 15.2. The van der Waals surface area contributed by atoms with Gasteiger partial charge in [0.15, 0.2) is 0 Å². The van der Waals surface area contributed by atoms with E-state index in [0.29, 0.717) is 23.2 Å².